The van der Waals surface area contributed by atoms with Crippen molar-refractivity contribution in [3.8, 4) is 0 Å². The highest BCUT2D eigenvalue weighted by atomic mass is 32.2. The molecule has 180 valence electrons. The molecule has 2 heterocycles. The minimum Gasteiger partial charge on any atom is -0.383 e. The summed E-state index contributed by atoms with van der Waals surface area (Å²) in [6.45, 7) is 6.89. The number of amidine groups is 1. The van der Waals surface area contributed by atoms with Gasteiger partial charge in [0.15, 0.2) is 10.2 Å². The molecule has 4 N–H and O–H groups in total. The summed E-state index contributed by atoms with van der Waals surface area (Å²) in [5.74, 6) is -0.399. The number of fused-ring (bicyclic) bond motifs is 1. The molecule has 0 saturated carbocycles. The maximum Gasteiger partial charge on any atom is 0.276 e. The van der Waals surface area contributed by atoms with Gasteiger partial charge in [-0.15, -0.1) is 0 Å². The summed E-state index contributed by atoms with van der Waals surface area (Å²) < 4.78 is 5.13. The van der Waals surface area contributed by atoms with Crippen LogP contribution in [0.15, 0.2) is 30.5 Å². The summed E-state index contributed by atoms with van der Waals surface area (Å²) in [7, 11) is 1.70. The van der Waals surface area contributed by atoms with Crippen LogP contribution in [0.25, 0.3) is 10.9 Å². The average molecular weight is 473 g/mol. The number of H-pyrrole nitrogens is 1. The number of benzene rings is 1. The van der Waals surface area contributed by atoms with Gasteiger partial charge in [0.1, 0.15) is 0 Å². The van der Waals surface area contributed by atoms with E-state index in [-0.39, 0.29) is 16.3 Å². The Balaban J connectivity index is 1.52. The summed E-state index contributed by atoms with van der Waals surface area (Å²) >= 11 is 0.941. The Hall–Kier alpha value is -2.36. The molecule has 0 aliphatic carbocycles. The van der Waals surface area contributed by atoms with Crippen molar-refractivity contribution in [2.24, 2.45) is 0 Å². The van der Waals surface area contributed by atoms with Crippen LogP contribution in [0, 0.1) is 10.8 Å². The fourth-order valence-corrected chi connectivity index (χ4v) is 4.75. The topological polar surface area (TPSA) is 108 Å². The first-order chi connectivity index (χ1) is 16.0. The number of methoxy groups -OCH3 is 1. The first-order valence-electron chi connectivity index (χ1n) is 11.7. The summed E-state index contributed by atoms with van der Waals surface area (Å²) in [6, 6.07) is 8.12. The number of carbonyl (C=O) groups excluding carboxylic acids is 1. The van der Waals surface area contributed by atoms with Crippen LogP contribution in [-0.2, 0) is 16.0 Å². The first kappa shape index (κ1) is 25.3. The third-order valence-corrected chi connectivity index (χ3v) is 6.90. The minimum absolute atomic E-state index is 0.0453. The second-order valence-corrected chi connectivity index (χ2v) is 9.43. The summed E-state index contributed by atoms with van der Waals surface area (Å²) in [6.07, 6.45) is 5.65. The molecule has 1 atom stereocenters. The van der Waals surface area contributed by atoms with Crippen LogP contribution in [0.1, 0.15) is 31.7 Å². The normalized spacial score (nSPS) is 15.5. The maximum atomic E-state index is 12.8. The standard InChI is InChI=1S/C24H36N6O2S/c1-3-4-7-19(16-18-17-27-21-9-6-5-8-20(18)21)28-23(31)22(25)33-24(26)30-12-10-29(11-13-30)14-15-32-2/h5-6,8-9,17,19,25-27H,3-4,7,10-16H2,1-2H3,(H,28,31). The van der Waals surface area contributed by atoms with Crippen molar-refractivity contribution in [2.45, 2.75) is 38.6 Å². The van der Waals surface area contributed by atoms with Gasteiger partial charge in [-0.2, -0.15) is 0 Å². The number of ether oxygens (including phenoxy) is 1. The lowest BCUT2D eigenvalue weighted by Gasteiger charge is -2.35. The SMILES string of the molecule is CCCCC(Cc1c[nH]c2ccccc12)NC(=O)C(=N)SC(=N)N1CCN(CCOC)CC1. The van der Waals surface area contributed by atoms with Crippen molar-refractivity contribution in [1.29, 1.82) is 10.8 Å². The van der Waals surface area contributed by atoms with Gasteiger partial charge < -0.3 is 19.9 Å². The van der Waals surface area contributed by atoms with E-state index < -0.39 is 5.91 Å². The number of nitrogens with one attached hydrogen (secondary N) is 4. The van der Waals surface area contributed by atoms with Crippen LogP contribution >= 0.6 is 11.8 Å². The van der Waals surface area contributed by atoms with Crippen LogP contribution in [0.3, 0.4) is 0 Å². The van der Waals surface area contributed by atoms with Gasteiger partial charge in [-0.05, 0) is 36.2 Å². The molecule has 1 aliphatic heterocycles. The van der Waals surface area contributed by atoms with Gasteiger partial charge in [0.25, 0.3) is 5.91 Å². The number of aromatic nitrogens is 1. The Morgan fingerprint density at radius 1 is 1.24 bits per heavy atom. The number of hydrogen-bond donors (Lipinski definition) is 4. The van der Waals surface area contributed by atoms with Crippen LogP contribution < -0.4 is 5.32 Å². The van der Waals surface area contributed by atoms with E-state index in [4.69, 9.17) is 15.6 Å². The second-order valence-electron chi connectivity index (χ2n) is 8.43. The molecular weight excluding hydrogens is 436 g/mol. The molecule has 33 heavy (non-hydrogen) atoms. The average Bonchev–Trinajstić information content (AvgIpc) is 3.24. The highest BCUT2D eigenvalue weighted by Crippen LogP contribution is 2.21. The number of carbonyl (C=O) groups is 1. The molecule has 3 rings (SSSR count). The summed E-state index contributed by atoms with van der Waals surface area (Å²) in [5, 5.41) is 21.0. The van der Waals surface area contributed by atoms with E-state index in [1.165, 1.54) is 10.9 Å². The molecule has 0 spiro atoms. The molecule has 1 aromatic heterocycles. The van der Waals surface area contributed by atoms with Gasteiger partial charge in [-0.25, -0.2) is 0 Å². The van der Waals surface area contributed by atoms with Gasteiger partial charge in [0.05, 0.1) is 6.61 Å². The van der Waals surface area contributed by atoms with Gasteiger partial charge in [0.2, 0.25) is 0 Å². The van der Waals surface area contributed by atoms with E-state index in [1.54, 1.807) is 7.11 Å². The number of rotatable bonds is 9. The smallest absolute Gasteiger partial charge is 0.276 e. The molecule has 1 aromatic carbocycles. The van der Waals surface area contributed by atoms with Crippen molar-refractivity contribution in [2.75, 3.05) is 46.4 Å². The van der Waals surface area contributed by atoms with Crippen molar-refractivity contribution in [3.63, 3.8) is 0 Å². The van der Waals surface area contributed by atoms with E-state index in [1.807, 2.05) is 29.3 Å². The van der Waals surface area contributed by atoms with E-state index in [9.17, 15) is 4.79 Å². The number of piperazine rings is 1. The number of nitrogens with zero attached hydrogens (tertiary/aromatic N) is 2. The molecule has 0 radical (unpaired) electrons. The van der Waals surface area contributed by atoms with Crippen LogP contribution in [0.2, 0.25) is 0 Å². The predicted molar refractivity (Wildman–Crippen MR) is 136 cm³/mol. The molecule has 9 heteroatoms. The lowest BCUT2D eigenvalue weighted by molar-refractivity contribution is -0.115. The van der Waals surface area contributed by atoms with E-state index in [2.05, 4.69) is 28.2 Å². The lowest BCUT2D eigenvalue weighted by Crippen LogP contribution is -2.49. The molecule has 1 unspecified atom stereocenters. The minimum atomic E-state index is -0.399. The fraction of sp³-hybridized carbons (Fsp3) is 0.542. The molecule has 0 bridgehead atoms. The molecule has 1 saturated heterocycles. The van der Waals surface area contributed by atoms with Crippen LogP contribution in [-0.4, -0.2) is 83.4 Å². The number of aromatic amines is 1. The highest BCUT2D eigenvalue weighted by molar-refractivity contribution is 8.27. The molecule has 2 aromatic rings. The molecule has 8 nitrogen and oxygen atoms in total. The summed E-state index contributed by atoms with van der Waals surface area (Å²) in [4.78, 5) is 20.3. The van der Waals surface area contributed by atoms with Gasteiger partial charge in [-0.3, -0.25) is 20.5 Å². The van der Waals surface area contributed by atoms with Crippen molar-refractivity contribution in [3.05, 3.63) is 36.0 Å². The monoisotopic (exact) mass is 472 g/mol. The Morgan fingerprint density at radius 3 is 2.73 bits per heavy atom. The van der Waals surface area contributed by atoms with E-state index >= 15 is 0 Å². The zero-order valence-electron chi connectivity index (χ0n) is 19.7. The van der Waals surface area contributed by atoms with Crippen molar-refractivity contribution < 1.29 is 9.53 Å². The van der Waals surface area contributed by atoms with Gasteiger partial charge >= 0.3 is 0 Å². The zero-order chi connectivity index (χ0) is 23.6. The third-order valence-electron chi connectivity index (χ3n) is 6.06. The number of para-hydroxylation sites is 1. The maximum absolute atomic E-state index is 12.8. The third kappa shape index (κ3) is 7.31. The van der Waals surface area contributed by atoms with Crippen LogP contribution in [0.4, 0.5) is 0 Å². The van der Waals surface area contributed by atoms with Crippen molar-refractivity contribution in [1.82, 2.24) is 20.1 Å². The fourth-order valence-electron chi connectivity index (χ4n) is 4.10. The van der Waals surface area contributed by atoms with Crippen LogP contribution in [0.5, 0.6) is 0 Å². The second kappa shape index (κ2) is 12.8. The Kier molecular flexibility index (Phi) is 9.77. The molecular formula is C24H36N6O2S. The van der Waals surface area contributed by atoms with Crippen molar-refractivity contribution >= 4 is 38.8 Å². The first-order valence-corrected chi connectivity index (χ1v) is 12.5. The molecule has 1 fully saturated rings. The lowest BCUT2D eigenvalue weighted by atomic mass is 10.0. The quantitative estimate of drug-likeness (QED) is 0.331. The van der Waals surface area contributed by atoms with Gasteiger partial charge in [0, 0.05) is 63.0 Å². The molecule has 1 amide bonds. The Morgan fingerprint density at radius 2 is 2.00 bits per heavy atom. The molecule has 1 aliphatic rings. The number of amides is 1. The predicted octanol–water partition coefficient (Wildman–Crippen LogP) is 3.29. The highest BCUT2D eigenvalue weighted by Gasteiger charge is 2.23. The van der Waals surface area contributed by atoms with E-state index in [0.717, 1.165) is 69.3 Å². The summed E-state index contributed by atoms with van der Waals surface area (Å²) in [5.41, 5.74) is 2.26. The van der Waals surface area contributed by atoms with Gasteiger partial charge in [-0.1, -0.05) is 38.0 Å². The zero-order valence-corrected chi connectivity index (χ0v) is 20.5. The van der Waals surface area contributed by atoms with E-state index in [0.29, 0.717) is 13.0 Å². The number of unbranched alkanes of at least 4 members (excludes halogenated alkanes) is 1. The largest absolute Gasteiger partial charge is 0.383 e. The number of thioether (sulfide) groups is 1. The number of hydrogen-bond acceptors (Lipinski definition) is 6. The Bertz CT molecular complexity index is 938. The Labute approximate surface area is 200 Å².